The first-order valence-corrected chi connectivity index (χ1v) is 12.6. The number of hydrogen-bond acceptors (Lipinski definition) is 2. The highest BCUT2D eigenvalue weighted by Gasteiger charge is 2.44. The zero-order chi connectivity index (χ0) is 23.1. The van der Waals surface area contributed by atoms with Gasteiger partial charge in [-0.15, -0.1) is 0 Å². The van der Waals surface area contributed by atoms with Crippen LogP contribution in [0.4, 0.5) is 0 Å². The molecule has 2 atom stereocenters. The Morgan fingerprint density at radius 1 is 0.970 bits per heavy atom. The van der Waals surface area contributed by atoms with Gasteiger partial charge in [-0.2, -0.15) is 0 Å². The fourth-order valence-corrected chi connectivity index (χ4v) is 6.26. The van der Waals surface area contributed by atoms with E-state index in [9.17, 15) is 0 Å². The lowest BCUT2D eigenvalue weighted by atomic mass is 9.90. The summed E-state index contributed by atoms with van der Waals surface area (Å²) in [5.74, 6) is 0. The number of aryl methyl sites for hydroxylation is 3. The van der Waals surface area contributed by atoms with Crippen molar-refractivity contribution in [3.05, 3.63) is 82.4 Å². The fraction of sp³-hybridized carbons (Fsp3) is 0.429. The first kappa shape index (κ1) is 22.1. The van der Waals surface area contributed by atoms with Crippen molar-refractivity contribution in [1.82, 2.24) is 19.8 Å². The van der Waals surface area contributed by atoms with Crippen LogP contribution in [0.5, 0.6) is 0 Å². The molecule has 1 aromatic carbocycles. The molecule has 2 fully saturated rings. The molecule has 1 saturated heterocycles. The zero-order valence-electron chi connectivity index (χ0n) is 20.1. The van der Waals surface area contributed by atoms with Gasteiger partial charge in [0.1, 0.15) is 0 Å². The zero-order valence-corrected chi connectivity index (χ0v) is 21.0. The van der Waals surface area contributed by atoms with Crippen LogP contribution >= 0.6 is 12.2 Å². The van der Waals surface area contributed by atoms with Gasteiger partial charge in [0.15, 0.2) is 5.11 Å². The largest absolute Gasteiger partial charge is 0.352 e. The highest BCUT2D eigenvalue weighted by Crippen LogP contribution is 2.44. The summed E-state index contributed by atoms with van der Waals surface area (Å²) in [6.45, 7) is 8.85. The van der Waals surface area contributed by atoms with E-state index in [1.807, 2.05) is 12.3 Å². The minimum Gasteiger partial charge on any atom is -0.352 e. The van der Waals surface area contributed by atoms with Crippen molar-refractivity contribution in [3.63, 3.8) is 0 Å². The standard InChI is InChI=1S/C28H34N4S/c1-18-13-14-19(2)25(16-18)31-20(3)17-23(21(31)4)27-26(24-12-8-9-15-29-24)30-28(33)32(27)22-10-6-5-7-11-22/h8-9,12-17,22,26-27H,5-7,10-11H2,1-4H3,(H,30,33)/t26-,27-/m0/s1. The van der Waals surface area contributed by atoms with E-state index in [2.05, 4.69) is 78.9 Å². The van der Waals surface area contributed by atoms with E-state index < -0.39 is 0 Å². The second kappa shape index (κ2) is 8.94. The van der Waals surface area contributed by atoms with Gasteiger partial charge in [0.25, 0.3) is 0 Å². The lowest BCUT2D eigenvalue weighted by Crippen LogP contribution is -2.40. The van der Waals surface area contributed by atoms with Crippen LogP contribution in [-0.4, -0.2) is 25.6 Å². The molecule has 4 nitrogen and oxygen atoms in total. The maximum atomic E-state index is 5.97. The molecule has 1 aliphatic carbocycles. The number of nitrogens with one attached hydrogen (secondary N) is 1. The van der Waals surface area contributed by atoms with Crippen LogP contribution < -0.4 is 5.32 Å². The molecule has 2 aliphatic rings. The van der Waals surface area contributed by atoms with Gasteiger partial charge in [-0.05, 0) is 93.7 Å². The number of aromatic nitrogens is 2. The Morgan fingerprint density at radius 3 is 2.48 bits per heavy atom. The van der Waals surface area contributed by atoms with Crippen molar-refractivity contribution in [1.29, 1.82) is 0 Å². The van der Waals surface area contributed by atoms with Crippen LogP contribution in [0.2, 0.25) is 0 Å². The predicted molar refractivity (Wildman–Crippen MR) is 139 cm³/mol. The van der Waals surface area contributed by atoms with Gasteiger partial charge in [0, 0.05) is 29.3 Å². The van der Waals surface area contributed by atoms with E-state index in [1.54, 1.807) is 0 Å². The summed E-state index contributed by atoms with van der Waals surface area (Å²) < 4.78 is 2.42. The van der Waals surface area contributed by atoms with Gasteiger partial charge in [-0.3, -0.25) is 4.98 Å². The molecule has 5 heteroatoms. The van der Waals surface area contributed by atoms with Crippen molar-refractivity contribution in [2.24, 2.45) is 0 Å². The molecule has 1 aliphatic heterocycles. The third-order valence-electron chi connectivity index (χ3n) is 7.50. The first-order valence-electron chi connectivity index (χ1n) is 12.2. The van der Waals surface area contributed by atoms with Crippen LogP contribution in [0.25, 0.3) is 5.69 Å². The van der Waals surface area contributed by atoms with Crippen molar-refractivity contribution >= 4 is 17.3 Å². The van der Waals surface area contributed by atoms with Gasteiger partial charge < -0.3 is 14.8 Å². The topological polar surface area (TPSA) is 33.1 Å². The average molecular weight is 459 g/mol. The SMILES string of the molecule is Cc1ccc(C)c(-n2c(C)cc([C@H]3[C@H](c4ccccn4)NC(=S)N3C3CCCCC3)c2C)c1. The Balaban J connectivity index is 1.65. The van der Waals surface area contributed by atoms with Crippen molar-refractivity contribution < 1.29 is 0 Å². The summed E-state index contributed by atoms with van der Waals surface area (Å²) in [4.78, 5) is 7.25. The summed E-state index contributed by atoms with van der Waals surface area (Å²) in [7, 11) is 0. The molecule has 3 aromatic rings. The van der Waals surface area contributed by atoms with Crippen LogP contribution in [0.3, 0.4) is 0 Å². The minimum atomic E-state index is 0.0492. The Hall–Kier alpha value is -2.66. The summed E-state index contributed by atoms with van der Waals surface area (Å²) in [6.07, 6.45) is 8.21. The Kier molecular flexibility index (Phi) is 6.00. The first-order chi connectivity index (χ1) is 16.0. The molecule has 0 spiro atoms. The van der Waals surface area contributed by atoms with E-state index in [-0.39, 0.29) is 12.1 Å². The third kappa shape index (κ3) is 3.97. The van der Waals surface area contributed by atoms with Gasteiger partial charge in [0.05, 0.1) is 17.8 Å². The maximum absolute atomic E-state index is 5.97. The van der Waals surface area contributed by atoms with Gasteiger partial charge in [0.2, 0.25) is 0 Å². The summed E-state index contributed by atoms with van der Waals surface area (Å²) in [5.41, 5.74) is 8.80. The van der Waals surface area contributed by atoms with Crippen LogP contribution in [-0.2, 0) is 0 Å². The van der Waals surface area contributed by atoms with E-state index in [0.29, 0.717) is 6.04 Å². The number of nitrogens with zero attached hydrogens (tertiary/aromatic N) is 3. The third-order valence-corrected chi connectivity index (χ3v) is 7.83. The normalized spacial score (nSPS) is 21.5. The summed E-state index contributed by atoms with van der Waals surface area (Å²) in [5, 5.41) is 4.54. The molecule has 3 heterocycles. The monoisotopic (exact) mass is 458 g/mol. The van der Waals surface area contributed by atoms with Crippen LogP contribution in [0.15, 0.2) is 48.7 Å². The molecule has 5 rings (SSSR count). The predicted octanol–water partition coefficient (Wildman–Crippen LogP) is 6.41. The van der Waals surface area contributed by atoms with Gasteiger partial charge in [-0.1, -0.05) is 37.5 Å². The van der Waals surface area contributed by atoms with E-state index in [4.69, 9.17) is 17.2 Å². The fourth-order valence-electron chi connectivity index (χ4n) is 5.87. The lowest BCUT2D eigenvalue weighted by Gasteiger charge is -2.37. The molecular formula is C28H34N4S. The second-order valence-corrected chi connectivity index (χ2v) is 10.2. The highest BCUT2D eigenvalue weighted by atomic mass is 32.1. The Morgan fingerprint density at radius 2 is 1.76 bits per heavy atom. The molecule has 0 bridgehead atoms. The van der Waals surface area contributed by atoms with E-state index in [0.717, 1.165) is 10.8 Å². The van der Waals surface area contributed by atoms with Gasteiger partial charge >= 0.3 is 0 Å². The molecule has 0 radical (unpaired) electrons. The molecule has 1 saturated carbocycles. The van der Waals surface area contributed by atoms with Crippen LogP contribution in [0.1, 0.15) is 78.0 Å². The van der Waals surface area contributed by atoms with Gasteiger partial charge in [-0.25, -0.2) is 0 Å². The molecule has 33 heavy (non-hydrogen) atoms. The molecular weight excluding hydrogens is 424 g/mol. The van der Waals surface area contributed by atoms with Crippen molar-refractivity contribution in [2.75, 3.05) is 0 Å². The number of pyridine rings is 1. The Labute approximate surface area is 203 Å². The summed E-state index contributed by atoms with van der Waals surface area (Å²) >= 11 is 5.97. The quantitative estimate of drug-likeness (QED) is 0.458. The highest BCUT2D eigenvalue weighted by molar-refractivity contribution is 7.80. The smallest absolute Gasteiger partial charge is 0.170 e. The van der Waals surface area contributed by atoms with E-state index in [1.165, 1.54) is 65.9 Å². The minimum absolute atomic E-state index is 0.0492. The number of hydrogen-bond donors (Lipinski definition) is 1. The molecule has 1 N–H and O–H groups in total. The molecule has 2 aromatic heterocycles. The number of rotatable bonds is 4. The molecule has 0 unspecified atom stereocenters. The average Bonchev–Trinajstić information content (AvgIpc) is 3.32. The molecule has 172 valence electrons. The Bertz CT molecular complexity index is 1160. The molecule has 0 amide bonds. The number of thiocarbonyl (C=S) groups is 1. The van der Waals surface area contributed by atoms with Crippen molar-refractivity contribution in [3.8, 4) is 5.69 Å². The maximum Gasteiger partial charge on any atom is 0.170 e. The van der Waals surface area contributed by atoms with Crippen molar-refractivity contribution in [2.45, 2.75) is 77.9 Å². The van der Waals surface area contributed by atoms with E-state index >= 15 is 0 Å². The second-order valence-electron chi connectivity index (χ2n) is 9.78. The number of benzene rings is 1. The summed E-state index contributed by atoms with van der Waals surface area (Å²) in [6, 6.07) is 15.9. The lowest BCUT2D eigenvalue weighted by molar-refractivity contribution is 0.197. The van der Waals surface area contributed by atoms with Crippen LogP contribution in [0, 0.1) is 27.7 Å².